The molecule has 0 saturated heterocycles. The Morgan fingerprint density at radius 2 is 1.82 bits per heavy atom. The normalized spacial score (nSPS) is 11.7. The molecule has 0 aliphatic heterocycles. The molecule has 0 radical (unpaired) electrons. The molecule has 120 valence electrons. The van der Waals surface area contributed by atoms with Gasteiger partial charge in [-0.05, 0) is 23.9 Å². The van der Waals surface area contributed by atoms with Crippen molar-refractivity contribution < 1.29 is 40.6 Å². The predicted octanol–water partition coefficient (Wildman–Crippen LogP) is 3.86. The lowest BCUT2D eigenvalue weighted by atomic mass is 10.1. The van der Waals surface area contributed by atoms with Crippen LogP contribution in [0.15, 0.2) is 17.0 Å². The minimum atomic E-state index is -5.30. The second kappa shape index (κ2) is 6.35. The summed E-state index contributed by atoms with van der Waals surface area (Å²) >= 11 is -0.952. The van der Waals surface area contributed by atoms with E-state index in [9.17, 15) is 31.1 Å². The lowest BCUT2D eigenvalue weighted by Gasteiger charge is -2.16. The highest BCUT2D eigenvalue weighted by Gasteiger charge is 2.37. The molecule has 0 bridgehead atoms. The first-order chi connectivity index (χ1) is 9.96. The van der Waals surface area contributed by atoms with E-state index in [0.717, 1.165) is 7.11 Å². The van der Waals surface area contributed by atoms with E-state index in [2.05, 4.69) is 9.47 Å². The minimum absolute atomic E-state index is 0.425. The van der Waals surface area contributed by atoms with Crippen molar-refractivity contribution in [3.8, 4) is 11.8 Å². The number of benzene rings is 1. The van der Waals surface area contributed by atoms with E-state index in [-0.39, 0.29) is 0 Å². The van der Waals surface area contributed by atoms with E-state index >= 15 is 0 Å². The van der Waals surface area contributed by atoms with Crippen LogP contribution in [-0.2, 0) is 4.74 Å². The summed E-state index contributed by atoms with van der Waals surface area (Å²) in [7, 11) is 0.914. The molecule has 0 fully saturated rings. The van der Waals surface area contributed by atoms with Gasteiger partial charge in [0.05, 0.1) is 23.1 Å². The summed E-state index contributed by atoms with van der Waals surface area (Å²) in [6, 6.07) is 2.40. The Kier molecular flexibility index (Phi) is 5.18. The maximum atomic E-state index is 12.4. The van der Waals surface area contributed by atoms with Gasteiger partial charge in [-0.3, -0.25) is 0 Å². The molecule has 22 heavy (non-hydrogen) atoms. The zero-order valence-electron chi connectivity index (χ0n) is 10.5. The molecule has 0 saturated carbocycles. The van der Waals surface area contributed by atoms with Crippen LogP contribution in [0, 0.1) is 11.3 Å². The van der Waals surface area contributed by atoms with Crippen LogP contribution in [0.4, 0.5) is 26.3 Å². The average molecular weight is 345 g/mol. The maximum absolute atomic E-state index is 12.4. The number of nitrogens with zero attached hydrogens (tertiary/aromatic N) is 1. The molecule has 0 aliphatic rings. The Bertz CT molecular complexity index is 620. The minimum Gasteiger partial charge on any atom is -0.465 e. The molecule has 4 nitrogen and oxygen atoms in total. The van der Waals surface area contributed by atoms with Crippen LogP contribution in [0.5, 0.6) is 5.75 Å². The second-order valence-electron chi connectivity index (χ2n) is 3.55. The number of thioether (sulfide) groups is 1. The van der Waals surface area contributed by atoms with Crippen molar-refractivity contribution in [3.05, 3.63) is 23.3 Å². The Balaban J connectivity index is 3.51. The molecule has 0 atom stereocenters. The van der Waals surface area contributed by atoms with E-state index in [1.165, 1.54) is 6.07 Å². The van der Waals surface area contributed by atoms with Gasteiger partial charge in [-0.25, -0.2) is 4.79 Å². The molecule has 1 aromatic carbocycles. The summed E-state index contributed by atoms with van der Waals surface area (Å²) in [5, 5.41) is 8.80. The van der Waals surface area contributed by atoms with E-state index < -0.39 is 51.4 Å². The van der Waals surface area contributed by atoms with Crippen LogP contribution >= 0.6 is 11.8 Å². The molecule has 0 N–H and O–H groups in total. The van der Waals surface area contributed by atoms with Gasteiger partial charge in [0.2, 0.25) is 0 Å². The average Bonchev–Trinajstić information content (AvgIpc) is 2.36. The Morgan fingerprint density at radius 1 is 1.23 bits per heavy atom. The Labute approximate surface area is 123 Å². The Morgan fingerprint density at radius 3 is 2.23 bits per heavy atom. The molecule has 0 heterocycles. The summed E-state index contributed by atoms with van der Waals surface area (Å²) < 4.78 is 81.9. The van der Waals surface area contributed by atoms with Crippen LogP contribution in [0.2, 0.25) is 0 Å². The molecule has 1 rings (SSSR count). The number of carbonyl (C=O) groups is 1. The van der Waals surface area contributed by atoms with Crippen molar-refractivity contribution in [1.82, 2.24) is 0 Å². The number of esters is 1. The van der Waals surface area contributed by atoms with Gasteiger partial charge in [-0.15, -0.1) is 13.2 Å². The SMILES string of the molecule is COC(=O)c1cc(C#N)c(SC(F)(F)F)c(OC(F)(F)F)c1. The molecule has 0 amide bonds. The molecule has 1 aromatic rings. The number of methoxy groups -OCH3 is 1. The van der Waals surface area contributed by atoms with Crippen molar-refractivity contribution in [2.45, 2.75) is 16.8 Å². The Hall–Kier alpha value is -2.09. The van der Waals surface area contributed by atoms with Crippen LogP contribution < -0.4 is 4.74 Å². The van der Waals surface area contributed by atoms with Crippen molar-refractivity contribution in [2.24, 2.45) is 0 Å². The zero-order valence-corrected chi connectivity index (χ0v) is 11.3. The van der Waals surface area contributed by atoms with E-state index in [1.807, 2.05) is 0 Å². The molecule has 0 spiro atoms. The van der Waals surface area contributed by atoms with Crippen LogP contribution in [-0.4, -0.2) is 24.9 Å². The van der Waals surface area contributed by atoms with E-state index in [1.54, 1.807) is 0 Å². The molecule has 11 heteroatoms. The first-order valence-corrected chi connectivity index (χ1v) is 5.96. The van der Waals surface area contributed by atoms with Gasteiger partial charge in [0.15, 0.2) is 0 Å². The van der Waals surface area contributed by atoms with Gasteiger partial charge in [-0.1, -0.05) is 0 Å². The van der Waals surface area contributed by atoms with Gasteiger partial charge >= 0.3 is 17.8 Å². The standard InChI is InChI=1S/C11H5F6NO3S/c1-20-9(19)5-2-6(4-18)8(22-11(15,16)17)7(3-5)21-10(12,13)14/h2-3H,1H3. The van der Waals surface area contributed by atoms with Crippen molar-refractivity contribution >= 4 is 17.7 Å². The van der Waals surface area contributed by atoms with Crippen molar-refractivity contribution in [3.63, 3.8) is 0 Å². The molecule has 0 unspecified atom stereocenters. The number of halogens is 6. The number of hydrogen-bond acceptors (Lipinski definition) is 5. The third-order valence-corrected chi connectivity index (χ3v) is 2.90. The summed E-state index contributed by atoms with van der Waals surface area (Å²) in [5.74, 6) is -2.44. The summed E-state index contributed by atoms with van der Waals surface area (Å²) in [6.07, 6.45) is -5.30. The lowest BCUT2D eigenvalue weighted by Crippen LogP contribution is -2.19. The van der Waals surface area contributed by atoms with Crippen LogP contribution in [0.1, 0.15) is 15.9 Å². The summed E-state index contributed by atoms with van der Waals surface area (Å²) in [6.45, 7) is 0. The topological polar surface area (TPSA) is 59.3 Å². The highest BCUT2D eigenvalue weighted by molar-refractivity contribution is 8.00. The molecular formula is C11H5F6NO3S. The fraction of sp³-hybridized carbons (Fsp3) is 0.273. The number of alkyl halides is 6. The fourth-order valence-corrected chi connectivity index (χ4v) is 1.99. The number of nitriles is 1. The van der Waals surface area contributed by atoms with Crippen LogP contribution in [0.3, 0.4) is 0 Å². The molecular weight excluding hydrogens is 340 g/mol. The van der Waals surface area contributed by atoms with Crippen LogP contribution in [0.25, 0.3) is 0 Å². The largest absolute Gasteiger partial charge is 0.573 e. The number of ether oxygens (including phenoxy) is 2. The van der Waals surface area contributed by atoms with Gasteiger partial charge in [0, 0.05) is 0 Å². The summed E-state index contributed by atoms with van der Waals surface area (Å²) in [4.78, 5) is 10.2. The molecule has 0 aromatic heterocycles. The van der Waals surface area contributed by atoms with E-state index in [4.69, 9.17) is 5.26 Å². The van der Waals surface area contributed by atoms with E-state index in [0.29, 0.717) is 12.1 Å². The predicted molar refractivity (Wildman–Crippen MR) is 61.1 cm³/mol. The molecule has 0 aliphatic carbocycles. The van der Waals surface area contributed by atoms with Crippen molar-refractivity contribution in [1.29, 1.82) is 5.26 Å². The smallest absolute Gasteiger partial charge is 0.465 e. The highest BCUT2D eigenvalue weighted by atomic mass is 32.2. The van der Waals surface area contributed by atoms with Gasteiger partial charge in [-0.2, -0.15) is 18.4 Å². The summed E-state index contributed by atoms with van der Waals surface area (Å²) in [5.41, 5.74) is -6.31. The fourth-order valence-electron chi connectivity index (χ4n) is 1.34. The number of hydrogen-bond donors (Lipinski definition) is 0. The third kappa shape index (κ3) is 5.03. The number of rotatable bonds is 3. The van der Waals surface area contributed by atoms with Gasteiger partial charge in [0.1, 0.15) is 11.8 Å². The first kappa shape index (κ1) is 18.0. The zero-order chi connectivity index (χ0) is 17.1. The third-order valence-electron chi connectivity index (χ3n) is 2.04. The van der Waals surface area contributed by atoms with Crippen molar-refractivity contribution in [2.75, 3.05) is 7.11 Å². The monoisotopic (exact) mass is 345 g/mol. The quantitative estimate of drug-likeness (QED) is 0.473. The lowest BCUT2D eigenvalue weighted by molar-refractivity contribution is -0.275. The first-order valence-electron chi connectivity index (χ1n) is 5.15. The second-order valence-corrected chi connectivity index (χ2v) is 4.63. The number of carbonyl (C=O) groups excluding carboxylic acids is 1. The van der Waals surface area contributed by atoms with Gasteiger partial charge in [0.25, 0.3) is 0 Å². The maximum Gasteiger partial charge on any atom is 0.573 e. The van der Waals surface area contributed by atoms with Gasteiger partial charge < -0.3 is 9.47 Å². The highest BCUT2D eigenvalue weighted by Crippen LogP contribution is 2.45.